The number of benzene rings is 1. The minimum atomic E-state index is -0.928. The average molecular weight is 281 g/mol. The Hall–Kier alpha value is -2.11. The highest BCUT2D eigenvalue weighted by Gasteiger charge is 2.31. The van der Waals surface area contributed by atoms with E-state index >= 15 is 0 Å². The third kappa shape index (κ3) is 2.74. The maximum absolute atomic E-state index is 13.9. The molecular formula is C14H16FNO4. The van der Waals surface area contributed by atoms with Gasteiger partial charge in [0.05, 0.1) is 13.0 Å². The quantitative estimate of drug-likeness (QED) is 0.917. The van der Waals surface area contributed by atoms with Crippen molar-refractivity contribution in [1.82, 2.24) is 4.90 Å². The fraction of sp³-hybridized carbons (Fsp3) is 0.429. The van der Waals surface area contributed by atoms with Gasteiger partial charge in [0, 0.05) is 13.1 Å². The molecule has 1 saturated heterocycles. The number of halogens is 1. The van der Waals surface area contributed by atoms with Crippen LogP contribution in [0.25, 0.3) is 0 Å². The van der Waals surface area contributed by atoms with E-state index in [0.29, 0.717) is 19.4 Å². The van der Waals surface area contributed by atoms with Gasteiger partial charge in [-0.25, -0.2) is 4.39 Å². The molecule has 0 aromatic heterocycles. The summed E-state index contributed by atoms with van der Waals surface area (Å²) in [5.41, 5.74) is -0.138. The zero-order valence-corrected chi connectivity index (χ0v) is 11.1. The molecule has 0 unspecified atom stereocenters. The molecule has 1 aliphatic rings. The van der Waals surface area contributed by atoms with Gasteiger partial charge in [-0.15, -0.1) is 0 Å². The molecule has 0 spiro atoms. The number of ether oxygens (including phenoxy) is 1. The SMILES string of the molecule is COc1cccc(F)c1C(=O)N1CCC[C@@H](C(=O)O)C1. The molecule has 1 heterocycles. The topological polar surface area (TPSA) is 66.8 Å². The lowest BCUT2D eigenvalue weighted by Gasteiger charge is -2.31. The summed E-state index contributed by atoms with van der Waals surface area (Å²) in [6.45, 7) is 0.533. The Morgan fingerprint density at radius 2 is 2.20 bits per heavy atom. The van der Waals surface area contributed by atoms with Gasteiger partial charge in [-0.2, -0.15) is 0 Å². The van der Waals surface area contributed by atoms with Crippen molar-refractivity contribution in [2.75, 3.05) is 20.2 Å². The summed E-state index contributed by atoms with van der Waals surface area (Å²) in [5.74, 6) is -2.54. The number of carbonyl (C=O) groups excluding carboxylic acids is 1. The van der Waals surface area contributed by atoms with Crippen molar-refractivity contribution in [3.8, 4) is 5.75 Å². The molecule has 1 aromatic rings. The Balaban J connectivity index is 2.25. The minimum Gasteiger partial charge on any atom is -0.496 e. The fourth-order valence-corrected chi connectivity index (χ4v) is 2.40. The Labute approximate surface area is 116 Å². The number of hydrogen-bond acceptors (Lipinski definition) is 3. The zero-order chi connectivity index (χ0) is 14.7. The standard InChI is InChI=1S/C14H16FNO4/c1-20-11-6-2-5-10(15)12(11)13(17)16-7-3-4-9(8-16)14(18)19/h2,5-6,9H,3-4,7-8H2,1H3,(H,18,19)/t9-/m1/s1. The third-order valence-electron chi connectivity index (χ3n) is 3.47. The van der Waals surface area contributed by atoms with Gasteiger partial charge in [0.1, 0.15) is 17.1 Å². The number of piperidine rings is 1. The molecule has 0 aliphatic carbocycles. The van der Waals surface area contributed by atoms with Crippen LogP contribution in [0.2, 0.25) is 0 Å². The number of likely N-dealkylation sites (tertiary alicyclic amines) is 1. The van der Waals surface area contributed by atoms with E-state index in [2.05, 4.69) is 0 Å². The normalized spacial score (nSPS) is 18.7. The van der Waals surface area contributed by atoms with E-state index in [1.807, 2.05) is 0 Å². The highest BCUT2D eigenvalue weighted by atomic mass is 19.1. The summed E-state index contributed by atoms with van der Waals surface area (Å²) < 4.78 is 18.9. The molecule has 1 aliphatic heterocycles. The number of methoxy groups -OCH3 is 1. The van der Waals surface area contributed by atoms with E-state index in [1.54, 1.807) is 0 Å². The molecule has 1 N–H and O–H groups in total. The Kier molecular flexibility index (Phi) is 4.22. The summed E-state index contributed by atoms with van der Waals surface area (Å²) in [6.07, 6.45) is 1.13. The number of aliphatic carboxylic acids is 1. The molecule has 5 nitrogen and oxygen atoms in total. The van der Waals surface area contributed by atoms with Crippen molar-refractivity contribution in [3.63, 3.8) is 0 Å². The molecule has 1 fully saturated rings. The second kappa shape index (κ2) is 5.90. The number of hydrogen-bond donors (Lipinski definition) is 1. The molecule has 2 rings (SSSR count). The van der Waals surface area contributed by atoms with Gasteiger partial charge in [-0.1, -0.05) is 6.07 Å². The first-order valence-electron chi connectivity index (χ1n) is 6.39. The summed E-state index contributed by atoms with van der Waals surface area (Å²) in [4.78, 5) is 24.8. The molecule has 108 valence electrons. The van der Waals surface area contributed by atoms with Crippen molar-refractivity contribution in [2.45, 2.75) is 12.8 Å². The summed E-state index contributed by atoms with van der Waals surface area (Å²) in [6, 6.07) is 4.16. The summed E-state index contributed by atoms with van der Waals surface area (Å²) in [5, 5.41) is 9.03. The lowest BCUT2D eigenvalue weighted by molar-refractivity contribution is -0.143. The predicted molar refractivity (Wildman–Crippen MR) is 69.2 cm³/mol. The van der Waals surface area contributed by atoms with Crippen LogP contribution >= 0.6 is 0 Å². The summed E-state index contributed by atoms with van der Waals surface area (Å²) >= 11 is 0. The van der Waals surface area contributed by atoms with Crippen LogP contribution in [0.3, 0.4) is 0 Å². The van der Waals surface area contributed by atoms with Gasteiger partial charge in [0.15, 0.2) is 0 Å². The maximum atomic E-state index is 13.9. The molecule has 1 atom stereocenters. The highest BCUT2D eigenvalue weighted by molar-refractivity contribution is 5.97. The van der Waals surface area contributed by atoms with Crippen LogP contribution in [0, 0.1) is 11.7 Å². The molecule has 0 bridgehead atoms. The predicted octanol–water partition coefficient (Wildman–Crippen LogP) is 1.77. The van der Waals surface area contributed by atoms with Gasteiger partial charge in [0.25, 0.3) is 5.91 Å². The molecule has 0 saturated carbocycles. The number of carboxylic acid groups (broad SMARTS) is 1. The van der Waals surface area contributed by atoms with E-state index < -0.39 is 23.6 Å². The van der Waals surface area contributed by atoms with Gasteiger partial charge < -0.3 is 14.7 Å². The second-order valence-corrected chi connectivity index (χ2v) is 4.75. The van der Waals surface area contributed by atoms with E-state index in [9.17, 15) is 14.0 Å². The zero-order valence-electron chi connectivity index (χ0n) is 11.1. The number of carbonyl (C=O) groups is 2. The van der Waals surface area contributed by atoms with Crippen LogP contribution in [0.4, 0.5) is 4.39 Å². The monoisotopic (exact) mass is 281 g/mol. The van der Waals surface area contributed by atoms with Crippen LogP contribution in [0.5, 0.6) is 5.75 Å². The first-order chi connectivity index (χ1) is 9.54. The van der Waals surface area contributed by atoms with Crippen LogP contribution < -0.4 is 4.74 Å². The maximum Gasteiger partial charge on any atom is 0.308 e. The van der Waals surface area contributed by atoms with E-state index in [4.69, 9.17) is 9.84 Å². The molecule has 6 heteroatoms. The molecule has 1 aromatic carbocycles. The van der Waals surface area contributed by atoms with Crippen LogP contribution in [0.1, 0.15) is 23.2 Å². The van der Waals surface area contributed by atoms with Crippen molar-refractivity contribution < 1.29 is 23.8 Å². The number of rotatable bonds is 3. The molecule has 0 radical (unpaired) electrons. The van der Waals surface area contributed by atoms with Gasteiger partial charge in [-0.05, 0) is 25.0 Å². The second-order valence-electron chi connectivity index (χ2n) is 4.75. The number of carboxylic acids is 1. The molecule has 20 heavy (non-hydrogen) atoms. The van der Waals surface area contributed by atoms with E-state index in [0.717, 1.165) is 0 Å². The van der Waals surface area contributed by atoms with E-state index in [-0.39, 0.29) is 17.9 Å². The first-order valence-corrected chi connectivity index (χ1v) is 6.39. The minimum absolute atomic E-state index is 0.103. The van der Waals surface area contributed by atoms with Crippen LogP contribution in [-0.4, -0.2) is 42.1 Å². The van der Waals surface area contributed by atoms with Crippen molar-refractivity contribution in [1.29, 1.82) is 0 Å². The van der Waals surface area contributed by atoms with Gasteiger partial charge in [0.2, 0.25) is 0 Å². The van der Waals surface area contributed by atoms with Crippen LogP contribution in [0.15, 0.2) is 18.2 Å². The van der Waals surface area contributed by atoms with Crippen molar-refractivity contribution >= 4 is 11.9 Å². The van der Waals surface area contributed by atoms with E-state index in [1.165, 1.54) is 30.2 Å². The van der Waals surface area contributed by atoms with Gasteiger partial charge >= 0.3 is 5.97 Å². The Morgan fingerprint density at radius 3 is 2.85 bits per heavy atom. The summed E-state index contributed by atoms with van der Waals surface area (Å²) in [7, 11) is 1.36. The fourth-order valence-electron chi connectivity index (χ4n) is 2.40. The molecule has 1 amide bonds. The van der Waals surface area contributed by atoms with Gasteiger partial charge in [-0.3, -0.25) is 9.59 Å². The lowest BCUT2D eigenvalue weighted by Crippen LogP contribution is -2.42. The smallest absolute Gasteiger partial charge is 0.308 e. The Bertz CT molecular complexity index is 532. The largest absolute Gasteiger partial charge is 0.496 e. The first kappa shape index (κ1) is 14.3. The number of amides is 1. The average Bonchev–Trinajstić information content (AvgIpc) is 2.46. The van der Waals surface area contributed by atoms with Crippen molar-refractivity contribution in [2.24, 2.45) is 5.92 Å². The van der Waals surface area contributed by atoms with Crippen LogP contribution in [-0.2, 0) is 4.79 Å². The lowest BCUT2D eigenvalue weighted by atomic mass is 9.97. The van der Waals surface area contributed by atoms with Crippen molar-refractivity contribution in [3.05, 3.63) is 29.6 Å². The molecular weight excluding hydrogens is 265 g/mol. The Morgan fingerprint density at radius 1 is 1.45 bits per heavy atom. The third-order valence-corrected chi connectivity index (χ3v) is 3.47. The highest BCUT2D eigenvalue weighted by Crippen LogP contribution is 2.25. The number of nitrogens with zero attached hydrogens (tertiary/aromatic N) is 1.